The zero-order chi connectivity index (χ0) is 27.4. The lowest BCUT2D eigenvalue weighted by atomic mass is 10.1. The molecule has 0 aliphatic rings. The van der Waals surface area contributed by atoms with Gasteiger partial charge in [-0.15, -0.1) is 0 Å². The first-order valence-electron chi connectivity index (χ1n) is 11.9. The molecular formula is C20H51O8PSi5. The van der Waals surface area contributed by atoms with Gasteiger partial charge in [0.2, 0.25) is 0 Å². The van der Waals surface area contributed by atoms with E-state index in [2.05, 4.69) is 39.3 Å². The molecule has 0 aliphatic heterocycles. The SMILES string of the molecule is C[Si](C)(C)O[C@@H]([C@H](C=O)O[Si](C)(C)C)[C@@H](COP(=O)(O[Si](C)(C)C)O[Si](C)(C)C)O[Si](C)(C)C. The van der Waals surface area contributed by atoms with E-state index in [1.54, 1.807) is 0 Å². The molecule has 0 spiro atoms. The van der Waals surface area contributed by atoms with E-state index in [1.807, 2.05) is 58.9 Å². The zero-order valence-electron chi connectivity index (χ0n) is 24.2. The number of phosphoric acid groups is 1. The van der Waals surface area contributed by atoms with Crippen LogP contribution in [-0.2, 0) is 35.6 Å². The summed E-state index contributed by atoms with van der Waals surface area (Å²) in [6.07, 6.45) is -1.40. The largest absolute Gasteiger partial charge is 0.455 e. The highest BCUT2D eigenvalue weighted by atomic mass is 31.2. The molecule has 0 radical (unpaired) electrons. The fraction of sp³-hybridized carbons (Fsp3) is 0.950. The predicted octanol–water partition coefficient (Wildman–Crippen LogP) is 6.67. The van der Waals surface area contributed by atoms with Crippen LogP contribution in [0.15, 0.2) is 0 Å². The van der Waals surface area contributed by atoms with Crippen LogP contribution in [0.25, 0.3) is 0 Å². The van der Waals surface area contributed by atoms with Crippen molar-refractivity contribution in [3.63, 3.8) is 0 Å². The Morgan fingerprint density at radius 2 is 1.00 bits per heavy atom. The lowest BCUT2D eigenvalue weighted by molar-refractivity contribution is -0.123. The lowest BCUT2D eigenvalue weighted by Crippen LogP contribution is -2.54. The molecule has 0 saturated carbocycles. The number of carbonyl (C=O) groups is 1. The molecule has 0 aromatic heterocycles. The second-order valence-corrected chi connectivity index (χ2v) is 37.9. The van der Waals surface area contributed by atoms with Gasteiger partial charge in [-0.3, -0.25) is 4.52 Å². The van der Waals surface area contributed by atoms with Gasteiger partial charge < -0.3 is 26.5 Å². The van der Waals surface area contributed by atoms with Gasteiger partial charge in [0, 0.05) is 0 Å². The fourth-order valence-corrected chi connectivity index (χ4v) is 12.7. The summed E-state index contributed by atoms with van der Waals surface area (Å²) >= 11 is 0. The number of rotatable bonds is 16. The van der Waals surface area contributed by atoms with Gasteiger partial charge in [-0.05, 0) is 98.2 Å². The van der Waals surface area contributed by atoms with E-state index in [1.165, 1.54) is 0 Å². The van der Waals surface area contributed by atoms with Gasteiger partial charge in [-0.25, -0.2) is 4.57 Å². The van der Waals surface area contributed by atoms with Crippen molar-refractivity contribution in [2.75, 3.05) is 6.61 Å². The van der Waals surface area contributed by atoms with Gasteiger partial charge in [0.1, 0.15) is 18.5 Å². The molecule has 34 heavy (non-hydrogen) atoms. The van der Waals surface area contributed by atoms with Crippen LogP contribution < -0.4 is 0 Å². The molecule has 0 aromatic rings. The summed E-state index contributed by atoms with van der Waals surface area (Å²) < 4.78 is 50.7. The molecule has 0 fully saturated rings. The minimum Gasteiger partial charge on any atom is -0.410 e. The summed E-state index contributed by atoms with van der Waals surface area (Å²) in [6.45, 7) is 29.9. The van der Waals surface area contributed by atoms with E-state index in [0.29, 0.717) is 0 Å². The van der Waals surface area contributed by atoms with Crippen molar-refractivity contribution in [1.82, 2.24) is 0 Å². The highest BCUT2D eigenvalue weighted by Gasteiger charge is 2.43. The second kappa shape index (κ2) is 12.5. The van der Waals surface area contributed by atoms with Crippen molar-refractivity contribution in [2.45, 2.75) is 117 Å². The lowest BCUT2D eigenvalue weighted by Gasteiger charge is -2.40. The smallest absolute Gasteiger partial charge is 0.410 e. The highest BCUT2D eigenvalue weighted by Crippen LogP contribution is 2.54. The Kier molecular flexibility index (Phi) is 12.8. The molecule has 0 saturated heterocycles. The van der Waals surface area contributed by atoms with Gasteiger partial charge in [0.15, 0.2) is 41.6 Å². The quantitative estimate of drug-likeness (QED) is 0.112. The molecule has 0 N–H and O–H groups in total. The number of carbonyl (C=O) groups excluding carboxylic acids is 1. The van der Waals surface area contributed by atoms with Crippen molar-refractivity contribution < 1.29 is 35.6 Å². The molecule has 204 valence electrons. The number of hydrogen-bond acceptors (Lipinski definition) is 8. The molecule has 8 nitrogen and oxygen atoms in total. The van der Waals surface area contributed by atoms with E-state index >= 15 is 0 Å². The summed E-state index contributed by atoms with van der Waals surface area (Å²) in [6, 6.07) is 0. The summed E-state index contributed by atoms with van der Waals surface area (Å²) in [4.78, 5) is 12.2. The van der Waals surface area contributed by atoms with Crippen molar-refractivity contribution in [3.8, 4) is 0 Å². The molecule has 0 aromatic carbocycles. The van der Waals surface area contributed by atoms with Crippen molar-refractivity contribution >= 4 is 55.7 Å². The first-order valence-corrected chi connectivity index (χ1v) is 30.4. The average molecular weight is 591 g/mol. The molecule has 0 amide bonds. The van der Waals surface area contributed by atoms with Crippen LogP contribution in [0, 0.1) is 0 Å². The van der Waals surface area contributed by atoms with Crippen LogP contribution in [0.1, 0.15) is 0 Å². The van der Waals surface area contributed by atoms with Crippen LogP contribution >= 0.6 is 7.82 Å². The minimum absolute atomic E-state index is 0.0922. The van der Waals surface area contributed by atoms with Crippen molar-refractivity contribution in [3.05, 3.63) is 0 Å². The summed E-state index contributed by atoms with van der Waals surface area (Å²) in [5.41, 5.74) is 0. The van der Waals surface area contributed by atoms with Gasteiger partial charge in [0.25, 0.3) is 0 Å². The summed E-state index contributed by atoms with van der Waals surface area (Å²) in [5.74, 6) is 0. The average Bonchev–Trinajstić information content (AvgIpc) is 2.48. The zero-order valence-corrected chi connectivity index (χ0v) is 30.1. The Balaban J connectivity index is 6.29. The fourth-order valence-electron chi connectivity index (χ4n) is 2.90. The van der Waals surface area contributed by atoms with E-state index in [4.69, 9.17) is 26.2 Å². The Labute approximate surface area is 214 Å². The molecule has 0 unspecified atom stereocenters. The number of aldehydes is 1. The molecule has 0 aliphatic carbocycles. The monoisotopic (exact) mass is 590 g/mol. The Hall–Kier alpha value is 0.744. The van der Waals surface area contributed by atoms with Crippen LogP contribution in [-0.4, -0.2) is 72.8 Å². The van der Waals surface area contributed by atoms with Crippen LogP contribution in [0.5, 0.6) is 0 Å². The van der Waals surface area contributed by atoms with Crippen LogP contribution in [0.4, 0.5) is 0 Å². The van der Waals surface area contributed by atoms with Gasteiger partial charge in [-0.2, -0.15) is 0 Å². The summed E-state index contributed by atoms with van der Waals surface area (Å²) in [7, 11) is -14.7. The first-order chi connectivity index (χ1) is 14.7. The summed E-state index contributed by atoms with van der Waals surface area (Å²) in [5, 5.41) is 0. The maximum Gasteiger partial charge on any atom is 0.455 e. The van der Waals surface area contributed by atoms with Crippen LogP contribution in [0.3, 0.4) is 0 Å². The van der Waals surface area contributed by atoms with E-state index in [-0.39, 0.29) is 6.61 Å². The third kappa shape index (κ3) is 17.2. The highest BCUT2D eigenvalue weighted by molar-refractivity contribution is 7.52. The minimum atomic E-state index is -3.86. The van der Waals surface area contributed by atoms with Crippen molar-refractivity contribution in [2.24, 2.45) is 0 Å². The van der Waals surface area contributed by atoms with Crippen LogP contribution in [0.2, 0.25) is 98.2 Å². The molecule has 3 atom stereocenters. The third-order valence-corrected chi connectivity index (χ3v) is 13.1. The Bertz CT molecular complexity index is 670. The van der Waals surface area contributed by atoms with Crippen molar-refractivity contribution in [1.29, 1.82) is 0 Å². The topological polar surface area (TPSA) is 89.5 Å². The third-order valence-electron chi connectivity index (χ3n) is 3.48. The maximum absolute atomic E-state index is 13.7. The molecule has 0 heterocycles. The molecule has 14 heteroatoms. The second-order valence-electron chi connectivity index (χ2n) is 13.4. The van der Waals surface area contributed by atoms with E-state index in [0.717, 1.165) is 6.29 Å². The van der Waals surface area contributed by atoms with Gasteiger partial charge in [-0.1, -0.05) is 0 Å². The van der Waals surface area contributed by atoms with E-state index in [9.17, 15) is 9.36 Å². The standard InChI is InChI=1S/C20H51O8PSi5/c1-30(2,3)24-18(16-21)20(26-32(7,8)9)19(25-31(4,5)6)17-23-29(22,27-33(10,11)12)28-34(13,14)15/h16,18-20H,17H2,1-15H3/t18-,19+,20-/m0/s1. The normalized spacial score (nSPS) is 17.4. The molecule has 0 rings (SSSR count). The van der Waals surface area contributed by atoms with E-state index < -0.39 is 67.7 Å². The van der Waals surface area contributed by atoms with Gasteiger partial charge in [0.05, 0.1) is 12.7 Å². The first kappa shape index (κ1) is 34.7. The molecule has 0 bridgehead atoms. The predicted molar refractivity (Wildman–Crippen MR) is 153 cm³/mol. The van der Waals surface area contributed by atoms with Gasteiger partial charge >= 0.3 is 7.82 Å². The Morgan fingerprint density at radius 3 is 1.29 bits per heavy atom. The Morgan fingerprint density at radius 1 is 0.618 bits per heavy atom. The number of hydrogen-bond donors (Lipinski definition) is 0. The molecular weight excluding hydrogens is 540 g/mol. The maximum atomic E-state index is 13.7.